The Balaban J connectivity index is 2.78. The third-order valence-corrected chi connectivity index (χ3v) is 2.78. The van der Waals surface area contributed by atoms with E-state index in [0.29, 0.717) is 12.0 Å². The lowest BCUT2D eigenvalue weighted by molar-refractivity contribution is -0.122. The van der Waals surface area contributed by atoms with Gasteiger partial charge in [-0.25, -0.2) is 4.79 Å². The molecule has 0 fully saturated rings. The van der Waals surface area contributed by atoms with Gasteiger partial charge in [0, 0.05) is 13.5 Å². The van der Waals surface area contributed by atoms with Gasteiger partial charge in [0.2, 0.25) is 5.91 Å². The minimum absolute atomic E-state index is 0.310. The lowest BCUT2D eigenvalue weighted by Crippen LogP contribution is -2.48. The molecule has 118 valence electrons. The smallest absolute Gasteiger partial charge is 0.408 e. The molecule has 1 aromatic carbocycles. The third kappa shape index (κ3) is 5.83. The Kier molecular flexibility index (Phi) is 5.93. The van der Waals surface area contributed by atoms with Crippen LogP contribution in [0.25, 0.3) is 0 Å². The zero-order chi connectivity index (χ0) is 16.8. The second-order valence-corrected chi connectivity index (χ2v) is 5.83. The summed E-state index contributed by atoms with van der Waals surface area (Å²) < 4.78 is 5.16. The summed E-state index contributed by atoms with van der Waals surface area (Å²) in [5, 5.41) is 13.9. The SMILES string of the molecule is CNC(=O)C(Cc1ccc(C#N)cc1)NC(=O)OC(C)(C)C. The number of carbonyl (C=O) groups is 2. The first-order chi connectivity index (χ1) is 10.2. The molecule has 2 amide bonds. The van der Waals surface area contributed by atoms with Crippen molar-refractivity contribution in [2.75, 3.05) is 7.05 Å². The van der Waals surface area contributed by atoms with E-state index in [9.17, 15) is 9.59 Å². The van der Waals surface area contributed by atoms with Crippen molar-refractivity contribution in [3.63, 3.8) is 0 Å². The van der Waals surface area contributed by atoms with Crippen LogP contribution >= 0.6 is 0 Å². The quantitative estimate of drug-likeness (QED) is 0.886. The van der Waals surface area contributed by atoms with Crippen LogP contribution in [0.1, 0.15) is 31.9 Å². The molecule has 0 aromatic heterocycles. The molecule has 1 atom stereocenters. The Morgan fingerprint density at radius 3 is 2.32 bits per heavy atom. The van der Waals surface area contributed by atoms with Gasteiger partial charge in [-0.1, -0.05) is 12.1 Å². The molecule has 1 unspecified atom stereocenters. The van der Waals surface area contributed by atoms with Gasteiger partial charge in [-0.2, -0.15) is 5.26 Å². The van der Waals surface area contributed by atoms with Gasteiger partial charge < -0.3 is 15.4 Å². The number of nitriles is 1. The van der Waals surface area contributed by atoms with E-state index in [4.69, 9.17) is 10.00 Å². The molecule has 2 N–H and O–H groups in total. The second kappa shape index (κ2) is 7.46. The molecule has 6 nitrogen and oxygen atoms in total. The van der Waals surface area contributed by atoms with Gasteiger partial charge in [0.15, 0.2) is 0 Å². The van der Waals surface area contributed by atoms with Crippen molar-refractivity contribution >= 4 is 12.0 Å². The number of likely N-dealkylation sites (N-methyl/N-ethyl adjacent to an activating group) is 1. The van der Waals surface area contributed by atoms with Gasteiger partial charge in [-0.05, 0) is 38.5 Å². The van der Waals surface area contributed by atoms with E-state index < -0.39 is 17.7 Å². The highest BCUT2D eigenvalue weighted by Crippen LogP contribution is 2.09. The largest absolute Gasteiger partial charge is 0.444 e. The zero-order valence-electron chi connectivity index (χ0n) is 13.3. The second-order valence-electron chi connectivity index (χ2n) is 5.83. The van der Waals surface area contributed by atoms with E-state index in [2.05, 4.69) is 10.6 Å². The Labute approximate surface area is 130 Å². The Morgan fingerprint density at radius 1 is 1.27 bits per heavy atom. The van der Waals surface area contributed by atoms with E-state index in [1.165, 1.54) is 7.05 Å². The van der Waals surface area contributed by atoms with E-state index in [-0.39, 0.29) is 5.91 Å². The summed E-state index contributed by atoms with van der Waals surface area (Å²) in [5.74, 6) is -0.310. The van der Waals surface area contributed by atoms with Crippen LogP contribution in [0.15, 0.2) is 24.3 Å². The van der Waals surface area contributed by atoms with E-state index in [1.54, 1.807) is 45.0 Å². The zero-order valence-corrected chi connectivity index (χ0v) is 13.3. The van der Waals surface area contributed by atoms with E-state index in [1.807, 2.05) is 6.07 Å². The van der Waals surface area contributed by atoms with Crippen LogP contribution in [0, 0.1) is 11.3 Å². The topological polar surface area (TPSA) is 91.2 Å². The summed E-state index contributed by atoms with van der Waals surface area (Å²) >= 11 is 0. The lowest BCUT2D eigenvalue weighted by atomic mass is 10.0. The first-order valence-electron chi connectivity index (χ1n) is 6.95. The molecule has 1 rings (SSSR count). The lowest BCUT2D eigenvalue weighted by Gasteiger charge is -2.23. The van der Waals surface area contributed by atoms with Crippen LogP contribution in [0.4, 0.5) is 4.79 Å². The summed E-state index contributed by atoms with van der Waals surface area (Å²) in [6, 6.07) is 8.14. The van der Waals surface area contributed by atoms with Gasteiger partial charge in [-0.3, -0.25) is 4.79 Å². The average Bonchev–Trinajstić information content (AvgIpc) is 2.44. The maximum absolute atomic E-state index is 11.9. The molecule has 0 spiro atoms. The molecule has 0 aliphatic rings. The van der Waals surface area contributed by atoms with Crippen molar-refractivity contribution < 1.29 is 14.3 Å². The number of hydrogen-bond acceptors (Lipinski definition) is 4. The van der Waals surface area contributed by atoms with Crippen molar-refractivity contribution in [2.24, 2.45) is 0 Å². The van der Waals surface area contributed by atoms with Crippen LogP contribution in [-0.2, 0) is 16.0 Å². The molecule has 0 saturated heterocycles. The van der Waals surface area contributed by atoms with Gasteiger partial charge in [0.05, 0.1) is 11.6 Å². The molecule has 6 heteroatoms. The number of ether oxygens (including phenoxy) is 1. The maximum Gasteiger partial charge on any atom is 0.408 e. The molecule has 0 heterocycles. The number of alkyl carbamates (subject to hydrolysis) is 1. The molecule has 0 bridgehead atoms. The summed E-state index contributed by atoms with van der Waals surface area (Å²) in [6.45, 7) is 5.26. The highest BCUT2D eigenvalue weighted by Gasteiger charge is 2.23. The third-order valence-electron chi connectivity index (χ3n) is 2.78. The fourth-order valence-electron chi connectivity index (χ4n) is 1.78. The van der Waals surface area contributed by atoms with Crippen LogP contribution < -0.4 is 10.6 Å². The predicted molar refractivity (Wildman–Crippen MR) is 82.1 cm³/mol. The summed E-state index contributed by atoms with van der Waals surface area (Å²) in [6.07, 6.45) is -0.334. The van der Waals surface area contributed by atoms with E-state index >= 15 is 0 Å². The predicted octanol–water partition coefficient (Wildman–Crippen LogP) is 1.74. The highest BCUT2D eigenvalue weighted by atomic mass is 16.6. The standard InChI is InChI=1S/C16H21N3O3/c1-16(2,3)22-15(21)19-13(14(20)18-4)9-11-5-7-12(10-17)8-6-11/h5-8,13H,9H2,1-4H3,(H,18,20)(H,19,21). The summed E-state index contributed by atoms with van der Waals surface area (Å²) in [7, 11) is 1.50. The fourth-order valence-corrected chi connectivity index (χ4v) is 1.78. The molecular weight excluding hydrogens is 282 g/mol. The van der Waals surface area contributed by atoms with Gasteiger partial charge >= 0.3 is 6.09 Å². The van der Waals surface area contributed by atoms with Crippen molar-refractivity contribution in [3.8, 4) is 6.07 Å². The number of carbonyl (C=O) groups excluding carboxylic acids is 2. The molecule has 1 aromatic rings. The molecular formula is C16H21N3O3. The van der Waals surface area contributed by atoms with Gasteiger partial charge in [0.25, 0.3) is 0 Å². The first-order valence-corrected chi connectivity index (χ1v) is 6.95. The number of amides is 2. The highest BCUT2D eigenvalue weighted by molar-refractivity contribution is 5.85. The summed E-state index contributed by atoms with van der Waals surface area (Å²) in [5.41, 5.74) is 0.746. The first kappa shape index (κ1) is 17.5. The maximum atomic E-state index is 11.9. The van der Waals surface area contributed by atoms with Gasteiger partial charge in [0.1, 0.15) is 11.6 Å². The van der Waals surface area contributed by atoms with Crippen molar-refractivity contribution in [2.45, 2.75) is 38.8 Å². The van der Waals surface area contributed by atoms with E-state index in [0.717, 1.165) is 5.56 Å². The van der Waals surface area contributed by atoms with Crippen molar-refractivity contribution in [3.05, 3.63) is 35.4 Å². The van der Waals surface area contributed by atoms with Crippen LogP contribution in [-0.4, -0.2) is 30.7 Å². The van der Waals surface area contributed by atoms with Crippen molar-refractivity contribution in [1.82, 2.24) is 10.6 Å². The number of hydrogen-bond donors (Lipinski definition) is 2. The molecule has 22 heavy (non-hydrogen) atoms. The number of benzene rings is 1. The summed E-state index contributed by atoms with van der Waals surface area (Å²) in [4.78, 5) is 23.7. The Hall–Kier alpha value is -2.55. The molecule has 0 aliphatic carbocycles. The monoisotopic (exact) mass is 303 g/mol. The van der Waals surface area contributed by atoms with Crippen molar-refractivity contribution in [1.29, 1.82) is 5.26 Å². The minimum Gasteiger partial charge on any atom is -0.444 e. The number of nitrogens with zero attached hydrogens (tertiary/aromatic N) is 1. The average molecular weight is 303 g/mol. The minimum atomic E-state index is -0.743. The number of nitrogens with one attached hydrogen (secondary N) is 2. The molecule has 0 radical (unpaired) electrons. The normalized spacial score (nSPS) is 12.0. The Bertz CT molecular complexity index is 568. The molecule has 0 aliphatic heterocycles. The molecule has 0 saturated carbocycles. The van der Waals surface area contributed by atoms with Crippen LogP contribution in [0.5, 0.6) is 0 Å². The van der Waals surface area contributed by atoms with Crippen LogP contribution in [0.2, 0.25) is 0 Å². The van der Waals surface area contributed by atoms with Gasteiger partial charge in [-0.15, -0.1) is 0 Å². The fraction of sp³-hybridized carbons (Fsp3) is 0.438. The Morgan fingerprint density at radius 2 is 1.86 bits per heavy atom. The van der Waals surface area contributed by atoms with Crippen LogP contribution in [0.3, 0.4) is 0 Å². The number of rotatable bonds is 4.